The molecule has 1 aliphatic carbocycles. The summed E-state index contributed by atoms with van der Waals surface area (Å²) in [7, 11) is 3.29. The van der Waals surface area contributed by atoms with E-state index in [1.54, 1.807) is 25.6 Å². The number of aliphatic hydroxyl groups excluding tert-OH is 1. The van der Waals surface area contributed by atoms with Crippen LogP contribution in [0.4, 0.5) is 5.82 Å². The topological polar surface area (TPSA) is 80.9 Å². The molecular formula is C22H24N4O3S. The lowest BCUT2D eigenvalue weighted by atomic mass is 9.93. The second-order valence-electron chi connectivity index (χ2n) is 7.59. The Labute approximate surface area is 178 Å². The lowest BCUT2D eigenvalue weighted by molar-refractivity contribution is 0.116. The van der Waals surface area contributed by atoms with Gasteiger partial charge in [0.25, 0.3) is 0 Å². The third kappa shape index (κ3) is 3.36. The lowest BCUT2D eigenvalue weighted by Gasteiger charge is -2.28. The summed E-state index contributed by atoms with van der Waals surface area (Å²) in [5.74, 6) is 2.17. The Morgan fingerprint density at radius 2 is 1.90 bits per heavy atom. The van der Waals surface area contributed by atoms with Crippen LogP contribution in [0.3, 0.4) is 0 Å². The molecule has 0 spiro atoms. The number of methoxy groups -OCH3 is 2. The van der Waals surface area contributed by atoms with Gasteiger partial charge in [-0.3, -0.25) is 0 Å². The van der Waals surface area contributed by atoms with Gasteiger partial charge in [0, 0.05) is 10.8 Å². The molecular weight excluding hydrogens is 400 g/mol. The van der Waals surface area contributed by atoms with Crippen LogP contribution in [0.25, 0.3) is 26.3 Å². The molecule has 2 unspecified atom stereocenters. The van der Waals surface area contributed by atoms with Gasteiger partial charge in [0.05, 0.1) is 37.4 Å². The first-order valence-corrected chi connectivity index (χ1v) is 10.9. The zero-order valence-corrected chi connectivity index (χ0v) is 17.8. The number of nitrogens with one attached hydrogen (secondary N) is 1. The molecule has 2 atom stereocenters. The van der Waals surface area contributed by atoms with Crippen LogP contribution in [-0.4, -0.2) is 46.1 Å². The summed E-state index contributed by atoms with van der Waals surface area (Å²) in [6.45, 7) is 0. The maximum absolute atomic E-state index is 10.3. The number of nitrogens with zero attached hydrogens (tertiary/aromatic N) is 3. The van der Waals surface area contributed by atoms with Crippen LogP contribution in [0.2, 0.25) is 0 Å². The highest BCUT2D eigenvalue weighted by molar-refractivity contribution is 7.22. The van der Waals surface area contributed by atoms with Crippen molar-refractivity contribution in [2.24, 2.45) is 0 Å². The number of benzene rings is 1. The van der Waals surface area contributed by atoms with E-state index < -0.39 is 0 Å². The number of aliphatic hydroxyl groups is 1. The molecule has 0 saturated heterocycles. The fourth-order valence-electron chi connectivity index (χ4n) is 4.08. The van der Waals surface area contributed by atoms with Crippen LogP contribution in [0.1, 0.15) is 25.7 Å². The third-order valence-electron chi connectivity index (χ3n) is 5.70. The Bertz CT molecular complexity index is 1160. The highest BCUT2D eigenvalue weighted by atomic mass is 32.1. The fourth-order valence-corrected chi connectivity index (χ4v) is 5.15. The molecule has 0 bridgehead atoms. The SMILES string of the molecule is COc1cc2cc(-c3cnc4ccc(NC5CCCCC5O)nn34)sc2cc1OC. The largest absolute Gasteiger partial charge is 0.493 e. The van der Waals surface area contributed by atoms with Gasteiger partial charge in [0.1, 0.15) is 11.5 Å². The van der Waals surface area contributed by atoms with Crippen molar-refractivity contribution >= 4 is 32.9 Å². The van der Waals surface area contributed by atoms with Gasteiger partial charge >= 0.3 is 0 Å². The van der Waals surface area contributed by atoms with E-state index in [9.17, 15) is 5.11 Å². The number of rotatable bonds is 5. The predicted molar refractivity (Wildman–Crippen MR) is 119 cm³/mol. The highest BCUT2D eigenvalue weighted by Crippen LogP contribution is 2.39. The number of imidazole rings is 1. The van der Waals surface area contributed by atoms with Crippen molar-refractivity contribution in [2.75, 3.05) is 19.5 Å². The summed E-state index contributed by atoms with van der Waals surface area (Å²) in [6, 6.07) is 10.0. The Kier molecular flexibility index (Phi) is 4.96. The molecule has 0 aliphatic heterocycles. The first kappa shape index (κ1) is 19.1. The average molecular weight is 425 g/mol. The molecule has 0 radical (unpaired) electrons. The van der Waals surface area contributed by atoms with Gasteiger partial charge in [-0.25, -0.2) is 9.50 Å². The van der Waals surface area contributed by atoms with E-state index >= 15 is 0 Å². The van der Waals surface area contributed by atoms with E-state index in [1.807, 2.05) is 35.0 Å². The molecule has 1 aromatic carbocycles. The van der Waals surface area contributed by atoms with Gasteiger partial charge in [-0.15, -0.1) is 16.4 Å². The maximum Gasteiger partial charge on any atom is 0.162 e. The molecule has 30 heavy (non-hydrogen) atoms. The van der Waals surface area contributed by atoms with Gasteiger partial charge in [0.15, 0.2) is 17.1 Å². The van der Waals surface area contributed by atoms with Crippen molar-refractivity contribution < 1.29 is 14.6 Å². The van der Waals surface area contributed by atoms with Crippen LogP contribution in [0.15, 0.2) is 36.5 Å². The first-order valence-electron chi connectivity index (χ1n) is 10.1. The smallest absolute Gasteiger partial charge is 0.162 e. The molecule has 2 N–H and O–H groups in total. The summed E-state index contributed by atoms with van der Waals surface area (Å²) < 4.78 is 13.8. The molecule has 3 aromatic heterocycles. The molecule has 1 saturated carbocycles. The molecule has 4 aromatic rings. The Balaban J connectivity index is 1.52. The highest BCUT2D eigenvalue weighted by Gasteiger charge is 2.23. The van der Waals surface area contributed by atoms with Crippen molar-refractivity contribution in [2.45, 2.75) is 37.8 Å². The quantitative estimate of drug-likeness (QED) is 0.496. The minimum absolute atomic E-state index is 0.0416. The van der Waals surface area contributed by atoms with E-state index in [1.165, 1.54) is 0 Å². The number of ether oxygens (including phenoxy) is 2. The Hall–Kier alpha value is -2.84. The summed E-state index contributed by atoms with van der Waals surface area (Å²) in [5.41, 5.74) is 1.71. The molecule has 1 aliphatic rings. The van der Waals surface area contributed by atoms with E-state index in [0.29, 0.717) is 11.5 Å². The van der Waals surface area contributed by atoms with E-state index in [-0.39, 0.29) is 12.1 Å². The van der Waals surface area contributed by atoms with Crippen molar-refractivity contribution in [3.63, 3.8) is 0 Å². The number of aromatic nitrogens is 3. The van der Waals surface area contributed by atoms with Crippen molar-refractivity contribution in [3.05, 3.63) is 36.5 Å². The molecule has 5 rings (SSSR count). The zero-order chi connectivity index (χ0) is 20.7. The minimum atomic E-state index is -0.328. The number of anilines is 1. The normalized spacial score (nSPS) is 19.3. The molecule has 1 fully saturated rings. The van der Waals surface area contributed by atoms with Gasteiger partial charge < -0.3 is 19.9 Å². The van der Waals surface area contributed by atoms with Gasteiger partial charge in [0.2, 0.25) is 0 Å². The molecule has 156 valence electrons. The van der Waals surface area contributed by atoms with Crippen LogP contribution >= 0.6 is 11.3 Å². The summed E-state index contributed by atoms with van der Waals surface area (Å²) in [5, 5.41) is 19.5. The summed E-state index contributed by atoms with van der Waals surface area (Å²) >= 11 is 1.66. The van der Waals surface area contributed by atoms with Crippen LogP contribution in [0.5, 0.6) is 11.5 Å². The second kappa shape index (κ2) is 7.77. The third-order valence-corrected chi connectivity index (χ3v) is 6.82. The predicted octanol–water partition coefficient (Wildman–Crippen LogP) is 4.34. The number of thiophene rings is 1. The van der Waals surface area contributed by atoms with Crippen LogP contribution in [-0.2, 0) is 0 Å². The molecule has 7 nitrogen and oxygen atoms in total. The number of fused-ring (bicyclic) bond motifs is 2. The van der Waals surface area contributed by atoms with E-state index in [2.05, 4.69) is 16.4 Å². The zero-order valence-electron chi connectivity index (χ0n) is 17.0. The summed E-state index contributed by atoms with van der Waals surface area (Å²) in [4.78, 5) is 5.58. The van der Waals surface area contributed by atoms with Gasteiger partial charge in [-0.05, 0) is 42.5 Å². The van der Waals surface area contributed by atoms with Crippen molar-refractivity contribution in [1.29, 1.82) is 0 Å². The number of hydrogen-bond donors (Lipinski definition) is 2. The van der Waals surface area contributed by atoms with Crippen molar-refractivity contribution in [3.8, 4) is 22.1 Å². The van der Waals surface area contributed by atoms with Gasteiger partial charge in [-0.1, -0.05) is 12.8 Å². The monoisotopic (exact) mass is 424 g/mol. The maximum atomic E-state index is 10.3. The van der Waals surface area contributed by atoms with E-state index in [0.717, 1.165) is 57.8 Å². The standard InChI is InChI=1S/C22H24N4O3S/c1-28-17-9-13-10-20(30-19(13)11-18(17)29-2)15-12-23-22-8-7-21(25-26(15)22)24-14-5-3-4-6-16(14)27/h7-12,14,16,27H,3-6H2,1-2H3,(H,24,25). The Morgan fingerprint density at radius 3 is 2.70 bits per heavy atom. The van der Waals surface area contributed by atoms with Crippen LogP contribution < -0.4 is 14.8 Å². The molecule has 3 heterocycles. The van der Waals surface area contributed by atoms with Crippen LogP contribution in [0, 0.1) is 0 Å². The molecule has 8 heteroatoms. The number of hydrogen-bond acceptors (Lipinski definition) is 7. The molecule has 0 amide bonds. The van der Waals surface area contributed by atoms with Gasteiger partial charge in [-0.2, -0.15) is 0 Å². The fraction of sp³-hybridized carbons (Fsp3) is 0.364. The Morgan fingerprint density at radius 1 is 1.10 bits per heavy atom. The van der Waals surface area contributed by atoms with Crippen molar-refractivity contribution in [1.82, 2.24) is 14.6 Å². The average Bonchev–Trinajstić information content (AvgIpc) is 3.37. The second-order valence-corrected chi connectivity index (χ2v) is 8.67. The first-order chi connectivity index (χ1) is 14.7. The summed E-state index contributed by atoms with van der Waals surface area (Å²) in [6.07, 6.45) is 5.52. The van der Waals surface area contributed by atoms with E-state index in [4.69, 9.17) is 14.6 Å². The minimum Gasteiger partial charge on any atom is -0.493 e. The lowest BCUT2D eigenvalue weighted by Crippen LogP contribution is -2.36.